The molecule has 0 radical (unpaired) electrons. The summed E-state index contributed by atoms with van der Waals surface area (Å²) in [6.07, 6.45) is 0.997. The smallest absolute Gasteiger partial charge is 0.255 e. The van der Waals surface area contributed by atoms with E-state index in [1.54, 1.807) is 12.1 Å². The Labute approximate surface area is 148 Å². The van der Waals surface area contributed by atoms with E-state index >= 15 is 0 Å². The molecule has 1 N–H and O–H groups in total. The van der Waals surface area contributed by atoms with Crippen molar-refractivity contribution in [1.29, 1.82) is 0 Å². The number of methoxy groups -OCH3 is 3. The number of para-hydroxylation sites is 1. The fourth-order valence-corrected chi connectivity index (χ4v) is 2.67. The van der Waals surface area contributed by atoms with E-state index in [4.69, 9.17) is 14.2 Å². The van der Waals surface area contributed by atoms with Crippen molar-refractivity contribution >= 4 is 11.6 Å². The molecule has 2 rings (SSSR count). The Hall–Kier alpha value is -2.69. The summed E-state index contributed by atoms with van der Waals surface area (Å²) in [5, 5.41) is 2.99. The highest BCUT2D eigenvalue weighted by atomic mass is 16.5. The first-order valence-corrected chi connectivity index (χ1v) is 8.25. The van der Waals surface area contributed by atoms with Crippen molar-refractivity contribution in [1.82, 2.24) is 0 Å². The van der Waals surface area contributed by atoms with Crippen LogP contribution >= 0.6 is 0 Å². The van der Waals surface area contributed by atoms with E-state index < -0.39 is 0 Å². The molecule has 0 aliphatic heterocycles. The van der Waals surface area contributed by atoms with Gasteiger partial charge in [-0.05, 0) is 36.1 Å². The maximum Gasteiger partial charge on any atom is 0.255 e. The van der Waals surface area contributed by atoms with Gasteiger partial charge in [0.2, 0.25) is 5.75 Å². The largest absolute Gasteiger partial charge is 0.493 e. The van der Waals surface area contributed by atoms with Gasteiger partial charge >= 0.3 is 0 Å². The Kier molecular flexibility index (Phi) is 6.28. The van der Waals surface area contributed by atoms with Crippen LogP contribution < -0.4 is 19.5 Å². The van der Waals surface area contributed by atoms with Gasteiger partial charge in [0.1, 0.15) is 0 Å². The molecule has 5 nitrogen and oxygen atoms in total. The Morgan fingerprint density at radius 2 is 1.64 bits per heavy atom. The maximum absolute atomic E-state index is 12.8. The van der Waals surface area contributed by atoms with Crippen LogP contribution in [0.2, 0.25) is 0 Å². The number of benzene rings is 2. The van der Waals surface area contributed by atoms with Crippen molar-refractivity contribution in [2.24, 2.45) is 0 Å². The van der Waals surface area contributed by atoms with Crippen molar-refractivity contribution in [3.8, 4) is 17.2 Å². The van der Waals surface area contributed by atoms with Crippen LogP contribution in [0.25, 0.3) is 0 Å². The van der Waals surface area contributed by atoms with Gasteiger partial charge in [-0.25, -0.2) is 0 Å². The van der Waals surface area contributed by atoms with Gasteiger partial charge in [0, 0.05) is 11.3 Å². The van der Waals surface area contributed by atoms with Gasteiger partial charge in [-0.1, -0.05) is 32.0 Å². The molecule has 134 valence electrons. The van der Waals surface area contributed by atoms with E-state index in [-0.39, 0.29) is 5.91 Å². The van der Waals surface area contributed by atoms with Crippen LogP contribution in [-0.2, 0) is 0 Å². The first-order chi connectivity index (χ1) is 12.0. The SMILES string of the molecule is CCC(C)c1ccccc1NC(=O)c1cc(OC)c(OC)c(OC)c1. The van der Waals surface area contributed by atoms with Crippen LogP contribution in [0.4, 0.5) is 5.69 Å². The minimum atomic E-state index is -0.227. The number of nitrogens with one attached hydrogen (secondary N) is 1. The van der Waals surface area contributed by atoms with Gasteiger partial charge in [-0.3, -0.25) is 4.79 Å². The molecule has 0 aliphatic rings. The fraction of sp³-hybridized carbons (Fsp3) is 0.350. The Morgan fingerprint density at radius 3 is 2.16 bits per heavy atom. The lowest BCUT2D eigenvalue weighted by Crippen LogP contribution is -2.14. The summed E-state index contributed by atoms with van der Waals surface area (Å²) in [6.45, 7) is 4.27. The van der Waals surface area contributed by atoms with Gasteiger partial charge in [0.15, 0.2) is 11.5 Å². The summed E-state index contributed by atoms with van der Waals surface area (Å²) < 4.78 is 15.9. The van der Waals surface area contributed by atoms with Crippen LogP contribution in [0.15, 0.2) is 36.4 Å². The second kappa shape index (κ2) is 8.42. The molecule has 0 heterocycles. The topological polar surface area (TPSA) is 56.8 Å². The van der Waals surface area contributed by atoms with E-state index in [2.05, 4.69) is 19.2 Å². The molecule has 0 spiro atoms. The first-order valence-electron chi connectivity index (χ1n) is 8.25. The molecule has 0 fully saturated rings. The average Bonchev–Trinajstić information content (AvgIpc) is 2.66. The zero-order chi connectivity index (χ0) is 18.4. The van der Waals surface area contributed by atoms with Crippen LogP contribution in [0.3, 0.4) is 0 Å². The van der Waals surface area contributed by atoms with E-state index in [1.165, 1.54) is 21.3 Å². The summed E-state index contributed by atoms with van der Waals surface area (Å²) in [4.78, 5) is 12.8. The molecule has 0 saturated heterocycles. The number of rotatable bonds is 7. The lowest BCUT2D eigenvalue weighted by Gasteiger charge is -2.17. The van der Waals surface area contributed by atoms with Gasteiger partial charge in [-0.2, -0.15) is 0 Å². The summed E-state index contributed by atoms with van der Waals surface area (Å²) in [7, 11) is 4.58. The summed E-state index contributed by atoms with van der Waals surface area (Å²) in [5.41, 5.74) is 2.37. The zero-order valence-electron chi connectivity index (χ0n) is 15.4. The van der Waals surface area contributed by atoms with Gasteiger partial charge in [-0.15, -0.1) is 0 Å². The lowest BCUT2D eigenvalue weighted by atomic mass is 9.96. The molecular weight excluding hydrogens is 318 g/mol. The molecule has 0 saturated carbocycles. The highest BCUT2D eigenvalue weighted by Crippen LogP contribution is 2.38. The average molecular weight is 343 g/mol. The molecular formula is C20H25NO4. The molecule has 1 atom stereocenters. The minimum absolute atomic E-state index is 0.227. The molecule has 1 amide bonds. The minimum Gasteiger partial charge on any atom is -0.493 e. The highest BCUT2D eigenvalue weighted by molar-refractivity contribution is 6.05. The normalized spacial score (nSPS) is 11.6. The van der Waals surface area contributed by atoms with E-state index in [0.29, 0.717) is 28.7 Å². The predicted octanol–water partition coefficient (Wildman–Crippen LogP) is 4.48. The third kappa shape index (κ3) is 4.05. The monoisotopic (exact) mass is 343 g/mol. The lowest BCUT2D eigenvalue weighted by molar-refractivity contribution is 0.102. The molecule has 5 heteroatoms. The van der Waals surface area contributed by atoms with Crippen molar-refractivity contribution in [2.45, 2.75) is 26.2 Å². The molecule has 0 aliphatic carbocycles. The summed E-state index contributed by atoms with van der Waals surface area (Å²) >= 11 is 0. The molecule has 25 heavy (non-hydrogen) atoms. The van der Waals surface area contributed by atoms with Crippen molar-refractivity contribution in [2.75, 3.05) is 26.6 Å². The molecule has 0 aromatic heterocycles. The summed E-state index contributed by atoms with van der Waals surface area (Å²) in [6, 6.07) is 11.1. The second-order valence-electron chi connectivity index (χ2n) is 5.76. The molecule has 0 bridgehead atoms. The molecule has 2 aromatic rings. The number of amides is 1. The predicted molar refractivity (Wildman–Crippen MR) is 99.2 cm³/mol. The first kappa shape index (κ1) is 18.6. The van der Waals surface area contributed by atoms with Crippen molar-refractivity contribution in [3.05, 3.63) is 47.5 Å². The van der Waals surface area contributed by atoms with Crippen molar-refractivity contribution in [3.63, 3.8) is 0 Å². The van der Waals surface area contributed by atoms with Gasteiger partial charge < -0.3 is 19.5 Å². The van der Waals surface area contributed by atoms with E-state index in [9.17, 15) is 4.79 Å². The fourth-order valence-electron chi connectivity index (χ4n) is 2.67. The second-order valence-corrected chi connectivity index (χ2v) is 5.76. The number of hydrogen-bond acceptors (Lipinski definition) is 4. The van der Waals surface area contributed by atoms with Crippen LogP contribution in [0, 0.1) is 0 Å². The van der Waals surface area contributed by atoms with E-state index in [0.717, 1.165) is 17.7 Å². The number of ether oxygens (including phenoxy) is 3. The quantitative estimate of drug-likeness (QED) is 0.805. The number of hydrogen-bond donors (Lipinski definition) is 1. The Morgan fingerprint density at radius 1 is 1.04 bits per heavy atom. The van der Waals surface area contributed by atoms with Crippen molar-refractivity contribution < 1.29 is 19.0 Å². The number of carbonyl (C=O) groups excluding carboxylic acids is 1. The zero-order valence-corrected chi connectivity index (χ0v) is 15.4. The Bertz CT molecular complexity index is 717. The molecule has 1 unspecified atom stereocenters. The number of anilines is 1. The maximum atomic E-state index is 12.8. The summed E-state index contributed by atoms with van der Waals surface area (Å²) in [5.74, 6) is 1.48. The third-order valence-corrected chi connectivity index (χ3v) is 4.28. The van der Waals surface area contributed by atoms with Crippen LogP contribution in [0.1, 0.15) is 42.1 Å². The highest BCUT2D eigenvalue weighted by Gasteiger charge is 2.18. The van der Waals surface area contributed by atoms with E-state index in [1.807, 2.05) is 24.3 Å². The van der Waals surface area contributed by atoms with Gasteiger partial charge in [0.25, 0.3) is 5.91 Å². The Balaban J connectivity index is 2.36. The van der Waals surface area contributed by atoms with Crippen LogP contribution in [-0.4, -0.2) is 27.2 Å². The third-order valence-electron chi connectivity index (χ3n) is 4.28. The molecule has 2 aromatic carbocycles. The standard InChI is InChI=1S/C20H25NO4/c1-6-13(2)15-9-7-8-10-16(15)21-20(22)14-11-17(23-3)19(25-5)18(12-14)24-4/h7-13H,6H2,1-5H3,(H,21,22). The van der Waals surface area contributed by atoms with Gasteiger partial charge in [0.05, 0.1) is 21.3 Å². The number of carbonyl (C=O) groups is 1. The van der Waals surface area contributed by atoms with Crippen LogP contribution in [0.5, 0.6) is 17.2 Å².